The van der Waals surface area contributed by atoms with Gasteiger partial charge >= 0.3 is 6.09 Å². The standard InChI is InChI=1S/C15H28N2O2/c1-15(2,3)19-14(18)17-9-8-13(11-17)16-10-12-6-4-5-7-12/h12-13,16H,4-11H2,1-3H3. The molecule has 4 nitrogen and oxygen atoms in total. The van der Waals surface area contributed by atoms with Gasteiger partial charge in [0, 0.05) is 19.1 Å². The van der Waals surface area contributed by atoms with Crippen molar-refractivity contribution in [3.05, 3.63) is 0 Å². The minimum atomic E-state index is -0.396. The number of amides is 1. The predicted molar refractivity (Wildman–Crippen MR) is 76.2 cm³/mol. The fourth-order valence-corrected chi connectivity index (χ4v) is 2.97. The van der Waals surface area contributed by atoms with E-state index in [1.165, 1.54) is 25.7 Å². The first kappa shape index (κ1) is 14.6. The third kappa shape index (κ3) is 4.68. The molecule has 0 aromatic rings. The zero-order chi connectivity index (χ0) is 13.9. The number of likely N-dealkylation sites (tertiary alicyclic amines) is 1. The van der Waals surface area contributed by atoms with E-state index in [2.05, 4.69) is 5.32 Å². The van der Waals surface area contributed by atoms with E-state index in [0.717, 1.165) is 32.0 Å². The van der Waals surface area contributed by atoms with Crippen LogP contribution in [0.15, 0.2) is 0 Å². The summed E-state index contributed by atoms with van der Waals surface area (Å²) in [4.78, 5) is 13.8. The number of rotatable bonds is 3. The number of carbonyl (C=O) groups is 1. The maximum atomic E-state index is 11.9. The van der Waals surface area contributed by atoms with E-state index in [1.54, 1.807) is 0 Å². The van der Waals surface area contributed by atoms with Crippen LogP contribution in [0.3, 0.4) is 0 Å². The topological polar surface area (TPSA) is 41.6 Å². The number of carbonyl (C=O) groups excluding carboxylic acids is 1. The van der Waals surface area contributed by atoms with Crippen molar-refractivity contribution in [3.8, 4) is 0 Å². The summed E-state index contributed by atoms with van der Waals surface area (Å²) in [5.74, 6) is 0.857. The molecule has 1 aliphatic carbocycles. The molecular weight excluding hydrogens is 240 g/mol. The molecule has 1 aliphatic heterocycles. The highest BCUT2D eigenvalue weighted by atomic mass is 16.6. The molecule has 0 aromatic heterocycles. The van der Waals surface area contributed by atoms with Gasteiger partial charge < -0.3 is 15.0 Å². The highest BCUT2D eigenvalue weighted by Gasteiger charge is 2.29. The number of ether oxygens (including phenoxy) is 1. The predicted octanol–water partition coefficient (Wildman–Crippen LogP) is 2.78. The summed E-state index contributed by atoms with van der Waals surface area (Å²) >= 11 is 0. The molecule has 0 spiro atoms. The number of hydrogen-bond acceptors (Lipinski definition) is 3. The van der Waals surface area contributed by atoms with Crippen molar-refractivity contribution in [2.45, 2.75) is 64.5 Å². The molecule has 2 fully saturated rings. The molecule has 1 N–H and O–H groups in total. The Balaban J connectivity index is 1.68. The summed E-state index contributed by atoms with van der Waals surface area (Å²) in [5.41, 5.74) is -0.396. The Morgan fingerprint density at radius 2 is 1.95 bits per heavy atom. The van der Waals surface area contributed by atoms with Crippen LogP contribution in [0.5, 0.6) is 0 Å². The lowest BCUT2D eigenvalue weighted by Gasteiger charge is -2.24. The highest BCUT2D eigenvalue weighted by molar-refractivity contribution is 5.68. The molecule has 1 atom stereocenters. The van der Waals surface area contributed by atoms with E-state index in [9.17, 15) is 4.79 Å². The van der Waals surface area contributed by atoms with Gasteiger partial charge in [0.1, 0.15) is 5.60 Å². The molecular formula is C15H28N2O2. The third-order valence-electron chi connectivity index (χ3n) is 4.01. The molecule has 0 radical (unpaired) electrons. The van der Waals surface area contributed by atoms with Crippen LogP contribution in [0, 0.1) is 5.92 Å². The van der Waals surface area contributed by atoms with Crippen molar-refractivity contribution in [3.63, 3.8) is 0 Å². The van der Waals surface area contributed by atoms with Crippen molar-refractivity contribution in [1.29, 1.82) is 0 Å². The maximum Gasteiger partial charge on any atom is 0.410 e. The molecule has 1 unspecified atom stereocenters. The van der Waals surface area contributed by atoms with Gasteiger partial charge in [-0.2, -0.15) is 0 Å². The Labute approximate surface area is 116 Å². The van der Waals surface area contributed by atoms with Gasteiger partial charge in [-0.25, -0.2) is 4.79 Å². The van der Waals surface area contributed by atoms with Crippen molar-refractivity contribution in [2.24, 2.45) is 5.92 Å². The molecule has 19 heavy (non-hydrogen) atoms. The van der Waals surface area contributed by atoms with Gasteiger partial charge in [-0.1, -0.05) is 12.8 Å². The Morgan fingerprint density at radius 1 is 1.26 bits per heavy atom. The molecule has 1 saturated carbocycles. The monoisotopic (exact) mass is 268 g/mol. The average Bonchev–Trinajstić information content (AvgIpc) is 2.96. The van der Waals surface area contributed by atoms with Crippen molar-refractivity contribution in [2.75, 3.05) is 19.6 Å². The molecule has 2 aliphatic rings. The zero-order valence-electron chi connectivity index (χ0n) is 12.6. The van der Waals surface area contributed by atoms with Crippen LogP contribution in [-0.2, 0) is 4.74 Å². The van der Waals surface area contributed by atoms with Crippen LogP contribution < -0.4 is 5.32 Å². The molecule has 0 aromatic carbocycles. The SMILES string of the molecule is CC(C)(C)OC(=O)N1CCC(NCC2CCCC2)C1. The normalized spacial score (nSPS) is 25.0. The second-order valence-electron chi connectivity index (χ2n) is 6.97. The summed E-state index contributed by atoms with van der Waals surface area (Å²) in [6.07, 6.45) is 6.40. The first-order valence-electron chi connectivity index (χ1n) is 7.65. The lowest BCUT2D eigenvalue weighted by atomic mass is 10.1. The van der Waals surface area contributed by atoms with Gasteiger partial charge in [-0.3, -0.25) is 0 Å². The molecule has 1 amide bonds. The van der Waals surface area contributed by atoms with Crippen molar-refractivity contribution >= 4 is 6.09 Å². The van der Waals surface area contributed by atoms with Crippen molar-refractivity contribution in [1.82, 2.24) is 10.2 Å². The minimum absolute atomic E-state index is 0.169. The fraction of sp³-hybridized carbons (Fsp3) is 0.933. The number of hydrogen-bond donors (Lipinski definition) is 1. The Bertz CT molecular complexity index is 306. The molecule has 2 rings (SSSR count). The van der Waals surface area contributed by atoms with E-state index in [-0.39, 0.29) is 6.09 Å². The van der Waals surface area contributed by atoms with Gasteiger partial charge in [0.25, 0.3) is 0 Å². The van der Waals surface area contributed by atoms with Gasteiger partial charge in [0.2, 0.25) is 0 Å². The first-order chi connectivity index (χ1) is 8.94. The van der Waals surface area contributed by atoms with Crippen LogP contribution in [0.25, 0.3) is 0 Å². The Hall–Kier alpha value is -0.770. The lowest BCUT2D eigenvalue weighted by molar-refractivity contribution is 0.0291. The summed E-state index contributed by atoms with van der Waals surface area (Å²) in [6.45, 7) is 8.47. The smallest absolute Gasteiger partial charge is 0.410 e. The lowest BCUT2D eigenvalue weighted by Crippen LogP contribution is -2.39. The highest BCUT2D eigenvalue weighted by Crippen LogP contribution is 2.24. The second kappa shape index (κ2) is 6.12. The quantitative estimate of drug-likeness (QED) is 0.855. The number of nitrogens with zero attached hydrogens (tertiary/aromatic N) is 1. The van der Waals surface area contributed by atoms with Crippen molar-refractivity contribution < 1.29 is 9.53 Å². The largest absolute Gasteiger partial charge is 0.444 e. The third-order valence-corrected chi connectivity index (χ3v) is 4.01. The van der Waals surface area contributed by atoms with E-state index >= 15 is 0 Å². The Morgan fingerprint density at radius 3 is 2.58 bits per heavy atom. The summed E-state index contributed by atoms with van der Waals surface area (Å²) in [7, 11) is 0. The minimum Gasteiger partial charge on any atom is -0.444 e. The van der Waals surface area contributed by atoms with Gasteiger partial charge in [0.05, 0.1) is 0 Å². The van der Waals surface area contributed by atoms with E-state index < -0.39 is 5.60 Å². The number of nitrogens with one attached hydrogen (secondary N) is 1. The van der Waals surface area contributed by atoms with Gasteiger partial charge in [0.15, 0.2) is 0 Å². The first-order valence-corrected chi connectivity index (χ1v) is 7.65. The molecule has 1 saturated heterocycles. The maximum absolute atomic E-state index is 11.9. The van der Waals surface area contributed by atoms with Gasteiger partial charge in [-0.05, 0) is 52.5 Å². The summed E-state index contributed by atoms with van der Waals surface area (Å²) < 4.78 is 5.41. The molecule has 4 heteroatoms. The van der Waals surface area contributed by atoms with Crippen LogP contribution in [0.1, 0.15) is 52.9 Å². The second-order valence-corrected chi connectivity index (χ2v) is 6.97. The molecule has 110 valence electrons. The summed E-state index contributed by atoms with van der Waals surface area (Å²) in [5, 5.41) is 3.62. The van der Waals surface area contributed by atoms with E-state index in [4.69, 9.17) is 4.74 Å². The fourth-order valence-electron chi connectivity index (χ4n) is 2.97. The van der Waals surface area contributed by atoms with E-state index in [0.29, 0.717) is 6.04 Å². The Kier molecular flexibility index (Phi) is 4.71. The molecule has 0 bridgehead atoms. The van der Waals surface area contributed by atoms with Crippen LogP contribution in [-0.4, -0.2) is 42.3 Å². The van der Waals surface area contributed by atoms with Crippen LogP contribution in [0.4, 0.5) is 4.79 Å². The van der Waals surface area contributed by atoms with E-state index in [1.807, 2.05) is 25.7 Å². The summed E-state index contributed by atoms with van der Waals surface area (Å²) in [6, 6.07) is 0.452. The molecule has 1 heterocycles. The zero-order valence-corrected chi connectivity index (χ0v) is 12.6. The van der Waals surface area contributed by atoms with Crippen LogP contribution >= 0.6 is 0 Å². The van der Waals surface area contributed by atoms with Crippen LogP contribution in [0.2, 0.25) is 0 Å². The van der Waals surface area contributed by atoms with Gasteiger partial charge in [-0.15, -0.1) is 0 Å². The average molecular weight is 268 g/mol.